The Balaban J connectivity index is 2.03. The summed E-state index contributed by atoms with van der Waals surface area (Å²) < 4.78 is 13.3. The van der Waals surface area contributed by atoms with Crippen molar-refractivity contribution in [2.24, 2.45) is 0 Å². The lowest BCUT2D eigenvalue weighted by Gasteiger charge is -2.10. The van der Waals surface area contributed by atoms with Crippen LogP contribution in [0.4, 0.5) is 0 Å². The fourth-order valence-electron chi connectivity index (χ4n) is 3.37. The molecule has 4 rings (SSSR count). The van der Waals surface area contributed by atoms with Gasteiger partial charge in [0.1, 0.15) is 28.4 Å². The Morgan fingerprint density at radius 3 is 2.32 bits per heavy atom. The molecule has 0 saturated heterocycles. The van der Waals surface area contributed by atoms with Gasteiger partial charge in [-0.25, -0.2) is 4.98 Å². The molecule has 0 bridgehead atoms. The molecule has 4 aromatic rings. The van der Waals surface area contributed by atoms with Crippen LogP contribution in [0.25, 0.3) is 33.2 Å². The molecule has 0 N–H and O–H groups in total. The molecule has 1 heterocycles. The van der Waals surface area contributed by atoms with Crippen molar-refractivity contribution in [1.29, 1.82) is 0 Å². The minimum Gasteiger partial charge on any atom is -0.494 e. The zero-order valence-electron chi connectivity index (χ0n) is 14.6. The van der Waals surface area contributed by atoms with Gasteiger partial charge in [-0.3, -0.25) is 0 Å². The van der Waals surface area contributed by atoms with Crippen molar-refractivity contribution in [3.8, 4) is 22.9 Å². The SMILES string of the molecule is CCn1c(-c2ccc3ccccc3c2)nc2c(OC)ccc(OC)c21. The topological polar surface area (TPSA) is 36.3 Å². The first-order chi connectivity index (χ1) is 12.3. The average molecular weight is 332 g/mol. The lowest BCUT2D eigenvalue weighted by atomic mass is 10.1. The van der Waals surface area contributed by atoms with E-state index in [2.05, 4.69) is 54.0 Å². The van der Waals surface area contributed by atoms with E-state index in [1.165, 1.54) is 10.8 Å². The minimum atomic E-state index is 0.755. The summed E-state index contributed by atoms with van der Waals surface area (Å²) in [4.78, 5) is 4.90. The fourth-order valence-corrected chi connectivity index (χ4v) is 3.37. The molecule has 4 heteroatoms. The summed E-state index contributed by atoms with van der Waals surface area (Å²) in [6, 6.07) is 18.6. The molecular weight excluding hydrogens is 312 g/mol. The molecule has 0 aliphatic rings. The van der Waals surface area contributed by atoms with Gasteiger partial charge in [-0.05, 0) is 35.9 Å². The summed E-state index contributed by atoms with van der Waals surface area (Å²) in [7, 11) is 3.35. The highest BCUT2D eigenvalue weighted by Gasteiger charge is 2.18. The Morgan fingerprint density at radius 2 is 1.60 bits per heavy atom. The van der Waals surface area contributed by atoms with Crippen LogP contribution in [0.15, 0.2) is 54.6 Å². The molecule has 0 saturated carbocycles. The van der Waals surface area contributed by atoms with Crippen LogP contribution in [-0.4, -0.2) is 23.8 Å². The lowest BCUT2D eigenvalue weighted by Crippen LogP contribution is -1.99. The van der Waals surface area contributed by atoms with Crippen LogP contribution in [0.1, 0.15) is 6.92 Å². The average Bonchev–Trinajstić information content (AvgIpc) is 3.06. The minimum absolute atomic E-state index is 0.755. The van der Waals surface area contributed by atoms with E-state index >= 15 is 0 Å². The number of hydrogen-bond donors (Lipinski definition) is 0. The molecule has 0 aliphatic heterocycles. The van der Waals surface area contributed by atoms with Crippen molar-refractivity contribution in [2.45, 2.75) is 13.5 Å². The van der Waals surface area contributed by atoms with E-state index in [0.717, 1.165) is 40.5 Å². The third-order valence-corrected chi connectivity index (χ3v) is 4.58. The summed E-state index contributed by atoms with van der Waals surface area (Å²) in [5.41, 5.74) is 2.88. The number of nitrogens with zero attached hydrogens (tertiary/aromatic N) is 2. The Morgan fingerprint density at radius 1 is 0.880 bits per heavy atom. The second-order valence-electron chi connectivity index (χ2n) is 5.91. The van der Waals surface area contributed by atoms with Crippen molar-refractivity contribution in [3.05, 3.63) is 54.6 Å². The molecule has 3 aromatic carbocycles. The zero-order valence-corrected chi connectivity index (χ0v) is 14.6. The first-order valence-electron chi connectivity index (χ1n) is 8.37. The summed E-state index contributed by atoms with van der Waals surface area (Å²) >= 11 is 0. The molecule has 4 nitrogen and oxygen atoms in total. The molecule has 0 spiro atoms. The van der Waals surface area contributed by atoms with E-state index in [-0.39, 0.29) is 0 Å². The van der Waals surface area contributed by atoms with Crippen molar-refractivity contribution in [1.82, 2.24) is 9.55 Å². The molecule has 25 heavy (non-hydrogen) atoms. The maximum atomic E-state index is 5.57. The molecule has 0 radical (unpaired) electrons. The van der Waals surface area contributed by atoms with Crippen LogP contribution in [0.3, 0.4) is 0 Å². The second-order valence-corrected chi connectivity index (χ2v) is 5.91. The van der Waals surface area contributed by atoms with Gasteiger partial charge in [0.2, 0.25) is 0 Å². The Kier molecular flexibility index (Phi) is 3.80. The number of ether oxygens (including phenoxy) is 2. The largest absolute Gasteiger partial charge is 0.494 e. The molecule has 0 aliphatic carbocycles. The number of hydrogen-bond acceptors (Lipinski definition) is 3. The molecule has 0 unspecified atom stereocenters. The predicted octanol–water partition coefficient (Wildman–Crippen LogP) is 4.89. The van der Waals surface area contributed by atoms with Gasteiger partial charge in [0, 0.05) is 12.1 Å². The number of methoxy groups -OCH3 is 2. The number of aromatic nitrogens is 2. The smallest absolute Gasteiger partial charge is 0.146 e. The van der Waals surface area contributed by atoms with Gasteiger partial charge in [-0.15, -0.1) is 0 Å². The van der Waals surface area contributed by atoms with E-state index in [0.29, 0.717) is 0 Å². The summed E-state index contributed by atoms with van der Waals surface area (Å²) in [6.45, 7) is 2.91. The van der Waals surface area contributed by atoms with Gasteiger partial charge in [0.25, 0.3) is 0 Å². The monoisotopic (exact) mass is 332 g/mol. The standard InChI is InChI=1S/C21H20N2O2/c1-4-23-20-18(25-3)12-11-17(24-2)19(20)22-21(23)16-10-9-14-7-5-6-8-15(14)13-16/h5-13H,4H2,1-3H3. The van der Waals surface area contributed by atoms with Gasteiger partial charge in [0.05, 0.1) is 14.2 Å². The Hall–Kier alpha value is -3.01. The highest BCUT2D eigenvalue weighted by molar-refractivity contribution is 5.92. The lowest BCUT2D eigenvalue weighted by molar-refractivity contribution is 0.408. The predicted molar refractivity (Wildman–Crippen MR) is 101 cm³/mol. The van der Waals surface area contributed by atoms with Crippen LogP contribution in [-0.2, 0) is 6.54 Å². The zero-order chi connectivity index (χ0) is 17.4. The van der Waals surface area contributed by atoms with Crippen LogP contribution in [0.2, 0.25) is 0 Å². The first kappa shape index (κ1) is 15.5. The molecule has 126 valence electrons. The van der Waals surface area contributed by atoms with E-state index < -0.39 is 0 Å². The van der Waals surface area contributed by atoms with Gasteiger partial charge >= 0.3 is 0 Å². The Bertz CT molecular complexity index is 1070. The molecule has 0 atom stereocenters. The molecule has 1 aromatic heterocycles. The van der Waals surface area contributed by atoms with Crippen molar-refractivity contribution >= 4 is 21.8 Å². The van der Waals surface area contributed by atoms with Crippen LogP contribution in [0.5, 0.6) is 11.5 Å². The van der Waals surface area contributed by atoms with Gasteiger partial charge in [-0.1, -0.05) is 36.4 Å². The van der Waals surface area contributed by atoms with Crippen LogP contribution in [0, 0.1) is 0 Å². The van der Waals surface area contributed by atoms with E-state index in [1.54, 1.807) is 14.2 Å². The van der Waals surface area contributed by atoms with Crippen molar-refractivity contribution < 1.29 is 9.47 Å². The maximum Gasteiger partial charge on any atom is 0.146 e. The number of fused-ring (bicyclic) bond motifs is 2. The van der Waals surface area contributed by atoms with E-state index in [1.807, 2.05) is 12.1 Å². The third kappa shape index (κ3) is 2.41. The van der Waals surface area contributed by atoms with E-state index in [4.69, 9.17) is 14.5 Å². The number of imidazole rings is 1. The Labute approximate surface area is 146 Å². The molecule has 0 fully saturated rings. The van der Waals surface area contributed by atoms with Crippen LogP contribution < -0.4 is 9.47 Å². The van der Waals surface area contributed by atoms with Gasteiger partial charge < -0.3 is 14.0 Å². The first-order valence-corrected chi connectivity index (χ1v) is 8.37. The third-order valence-electron chi connectivity index (χ3n) is 4.58. The maximum absolute atomic E-state index is 5.57. The quantitative estimate of drug-likeness (QED) is 0.533. The molecular formula is C21H20N2O2. The summed E-state index contributed by atoms with van der Waals surface area (Å²) in [5, 5.41) is 2.43. The van der Waals surface area contributed by atoms with Crippen molar-refractivity contribution in [3.63, 3.8) is 0 Å². The van der Waals surface area contributed by atoms with Gasteiger partial charge in [-0.2, -0.15) is 0 Å². The fraction of sp³-hybridized carbons (Fsp3) is 0.190. The van der Waals surface area contributed by atoms with Crippen molar-refractivity contribution in [2.75, 3.05) is 14.2 Å². The van der Waals surface area contributed by atoms with Crippen LogP contribution >= 0.6 is 0 Å². The highest BCUT2D eigenvalue weighted by Crippen LogP contribution is 2.36. The normalized spacial score (nSPS) is 11.2. The second kappa shape index (κ2) is 6.13. The summed E-state index contributed by atoms with van der Waals surface area (Å²) in [5.74, 6) is 2.48. The molecule has 0 amide bonds. The van der Waals surface area contributed by atoms with Gasteiger partial charge in [0.15, 0.2) is 0 Å². The summed E-state index contributed by atoms with van der Waals surface area (Å²) in [6.07, 6.45) is 0. The number of aryl methyl sites for hydroxylation is 1. The number of rotatable bonds is 4. The highest BCUT2D eigenvalue weighted by atomic mass is 16.5. The number of benzene rings is 3. The van der Waals surface area contributed by atoms with E-state index in [9.17, 15) is 0 Å².